The topological polar surface area (TPSA) is 73.1 Å². The number of hydrogen-bond donors (Lipinski definition) is 2. The summed E-state index contributed by atoms with van der Waals surface area (Å²) < 4.78 is 0. The van der Waals surface area contributed by atoms with Crippen molar-refractivity contribution in [2.45, 2.75) is 0 Å². The van der Waals surface area contributed by atoms with Crippen LogP contribution in [-0.4, -0.2) is 24.2 Å². The van der Waals surface area contributed by atoms with E-state index in [1.807, 2.05) is 6.07 Å². The van der Waals surface area contributed by atoms with Crippen molar-refractivity contribution >= 4 is 12.0 Å². The monoisotopic (exact) mass is 216 g/mol. The van der Waals surface area contributed by atoms with Gasteiger partial charge in [-0.05, 0) is 17.7 Å². The van der Waals surface area contributed by atoms with E-state index in [0.29, 0.717) is 11.1 Å². The second kappa shape index (κ2) is 6.38. The minimum absolute atomic E-state index is 0.0889. The molecule has 0 aliphatic heterocycles. The van der Waals surface area contributed by atoms with Crippen molar-refractivity contribution in [3.63, 3.8) is 0 Å². The Balaban J connectivity index is 2.69. The molecule has 0 aliphatic carbocycles. The number of hydrogen-bond acceptors (Lipinski definition) is 3. The van der Waals surface area contributed by atoms with Crippen molar-refractivity contribution in [1.82, 2.24) is 5.32 Å². The summed E-state index contributed by atoms with van der Waals surface area (Å²) in [5.74, 6) is -0.290. The molecule has 0 atom stereocenters. The molecule has 0 fully saturated rings. The minimum Gasteiger partial charge on any atom is -0.395 e. The predicted octanol–water partition coefficient (Wildman–Crippen LogP) is 0.680. The van der Waals surface area contributed by atoms with Crippen LogP contribution in [0.3, 0.4) is 0 Å². The van der Waals surface area contributed by atoms with Crippen molar-refractivity contribution in [2.75, 3.05) is 13.2 Å². The van der Waals surface area contributed by atoms with Crippen LogP contribution in [0.25, 0.3) is 6.08 Å². The van der Waals surface area contributed by atoms with E-state index >= 15 is 0 Å². The van der Waals surface area contributed by atoms with Gasteiger partial charge < -0.3 is 10.4 Å². The highest BCUT2D eigenvalue weighted by atomic mass is 16.3. The Morgan fingerprint density at radius 1 is 1.50 bits per heavy atom. The van der Waals surface area contributed by atoms with Gasteiger partial charge in [0.05, 0.1) is 18.2 Å². The number of carbonyl (C=O) groups excluding carboxylic acids is 1. The molecule has 2 N–H and O–H groups in total. The van der Waals surface area contributed by atoms with E-state index in [9.17, 15) is 4.79 Å². The first-order valence-corrected chi connectivity index (χ1v) is 4.84. The molecule has 0 spiro atoms. The predicted molar refractivity (Wildman–Crippen MR) is 60.3 cm³/mol. The lowest BCUT2D eigenvalue weighted by Crippen LogP contribution is -2.24. The van der Waals surface area contributed by atoms with Gasteiger partial charge in [0.25, 0.3) is 0 Å². The SMILES string of the molecule is N#Cc1ccccc1C=CC(=O)NCCO. The summed E-state index contributed by atoms with van der Waals surface area (Å²) in [5, 5.41) is 19.8. The molecule has 0 heterocycles. The van der Waals surface area contributed by atoms with Crippen molar-refractivity contribution in [1.29, 1.82) is 5.26 Å². The van der Waals surface area contributed by atoms with Crippen LogP contribution in [-0.2, 0) is 4.79 Å². The molecular formula is C12H12N2O2. The molecule has 1 aromatic carbocycles. The third kappa shape index (κ3) is 3.56. The Morgan fingerprint density at radius 3 is 2.94 bits per heavy atom. The maximum Gasteiger partial charge on any atom is 0.244 e. The van der Waals surface area contributed by atoms with Gasteiger partial charge in [0.2, 0.25) is 5.91 Å². The van der Waals surface area contributed by atoms with E-state index in [-0.39, 0.29) is 19.1 Å². The highest BCUT2D eigenvalue weighted by molar-refractivity contribution is 5.92. The molecule has 0 radical (unpaired) electrons. The molecule has 0 aromatic heterocycles. The Labute approximate surface area is 93.8 Å². The molecule has 16 heavy (non-hydrogen) atoms. The maximum atomic E-state index is 11.2. The fourth-order valence-corrected chi connectivity index (χ4v) is 1.15. The third-order valence-electron chi connectivity index (χ3n) is 1.91. The van der Waals surface area contributed by atoms with Crippen LogP contribution in [0.4, 0.5) is 0 Å². The summed E-state index contributed by atoms with van der Waals surface area (Å²) in [6, 6.07) is 9.05. The van der Waals surface area contributed by atoms with E-state index in [1.54, 1.807) is 30.3 Å². The first-order chi connectivity index (χ1) is 7.77. The average molecular weight is 216 g/mol. The van der Waals surface area contributed by atoms with Crippen LogP contribution >= 0.6 is 0 Å². The molecule has 1 amide bonds. The molecule has 4 heteroatoms. The smallest absolute Gasteiger partial charge is 0.244 e. The average Bonchev–Trinajstić information content (AvgIpc) is 2.34. The number of nitrogens with one attached hydrogen (secondary N) is 1. The van der Waals surface area contributed by atoms with Crippen LogP contribution in [0.1, 0.15) is 11.1 Å². The molecule has 0 saturated heterocycles. The van der Waals surface area contributed by atoms with Gasteiger partial charge >= 0.3 is 0 Å². The first kappa shape index (κ1) is 12.0. The third-order valence-corrected chi connectivity index (χ3v) is 1.91. The number of nitrogens with zero attached hydrogens (tertiary/aromatic N) is 1. The summed E-state index contributed by atoms with van der Waals surface area (Å²) in [6.45, 7) is 0.136. The summed E-state index contributed by atoms with van der Waals surface area (Å²) in [7, 11) is 0. The van der Waals surface area contributed by atoms with Crippen LogP contribution in [0.5, 0.6) is 0 Å². The molecule has 0 saturated carbocycles. The summed E-state index contributed by atoms with van der Waals surface area (Å²) in [6.07, 6.45) is 2.91. The molecule has 1 aromatic rings. The molecule has 82 valence electrons. The van der Waals surface area contributed by atoms with Crippen LogP contribution < -0.4 is 5.32 Å². The number of amides is 1. The molecule has 1 rings (SSSR count). The molecule has 4 nitrogen and oxygen atoms in total. The zero-order chi connectivity index (χ0) is 11.8. The Kier molecular flexibility index (Phi) is 4.77. The van der Waals surface area contributed by atoms with E-state index < -0.39 is 0 Å². The molecule has 0 aliphatic rings. The maximum absolute atomic E-state index is 11.2. The number of aliphatic hydroxyl groups is 1. The van der Waals surface area contributed by atoms with Gasteiger partial charge in [-0.2, -0.15) is 5.26 Å². The van der Waals surface area contributed by atoms with Crippen LogP contribution in [0.2, 0.25) is 0 Å². The van der Waals surface area contributed by atoms with Gasteiger partial charge in [-0.25, -0.2) is 0 Å². The highest BCUT2D eigenvalue weighted by Crippen LogP contribution is 2.08. The largest absolute Gasteiger partial charge is 0.395 e. The van der Waals surface area contributed by atoms with Crippen molar-refractivity contribution < 1.29 is 9.90 Å². The number of benzene rings is 1. The lowest BCUT2D eigenvalue weighted by Gasteiger charge is -1.98. The number of aliphatic hydroxyl groups excluding tert-OH is 1. The second-order valence-corrected chi connectivity index (χ2v) is 3.05. The van der Waals surface area contributed by atoms with Crippen molar-refractivity contribution in [3.8, 4) is 6.07 Å². The zero-order valence-corrected chi connectivity index (χ0v) is 8.68. The standard InChI is InChI=1S/C12H12N2O2/c13-9-11-4-2-1-3-10(11)5-6-12(16)14-7-8-15/h1-6,15H,7-8H2,(H,14,16). The lowest BCUT2D eigenvalue weighted by molar-refractivity contribution is -0.116. The number of rotatable bonds is 4. The fraction of sp³-hybridized carbons (Fsp3) is 0.167. The van der Waals surface area contributed by atoms with E-state index in [1.165, 1.54) is 6.08 Å². The Morgan fingerprint density at radius 2 is 2.25 bits per heavy atom. The normalized spacial score (nSPS) is 10.0. The number of carbonyl (C=O) groups is 1. The van der Waals surface area contributed by atoms with Gasteiger partial charge in [-0.15, -0.1) is 0 Å². The van der Waals surface area contributed by atoms with Crippen LogP contribution in [0, 0.1) is 11.3 Å². The summed E-state index contributed by atoms with van der Waals surface area (Å²) in [5.41, 5.74) is 1.22. The van der Waals surface area contributed by atoms with Crippen molar-refractivity contribution in [3.05, 3.63) is 41.5 Å². The molecule has 0 bridgehead atoms. The second-order valence-electron chi connectivity index (χ2n) is 3.05. The van der Waals surface area contributed by atoms with E-state index in [2.05, 4.69) is 5.32 Å². The van der Waals surface area contributed by atoms with Crippen LogP contribution in [0.15, 0.2) is 30.3 Å². The van der Waals surface area contributed by atoms with E-state index in [4.69, 9.17) is 10.4 Å². The van der Waals surface area contributed by atoms with Gasteiger partial charge in [0, 0.05) is 12.6 Å². The quantitative estimate of drug-likeness (QED) is 0.727. The molecule has 0 unspecified atom stereocenters. The van der Waals surface area contributed by atoms with Crippen molar-refractivity contribution in [2.24, 2.45) is 0 Å². The fourth-order valence-electron chi connectivity index (χ4n) is 1.15. The highest BCUT2D eigenvalue weighted by Gasteiger charge is 1.97. The Hall–Kier alpha value is -2.12. The summed E-state index contributed by atoms with van der Waals surface area (Å²) in [4.78, 5) is 11.2. The molecular weight excluding hydrogens is 204 g/mol. The van der Waals surface area contributed by atoms with Gasteiger partial charge in [0.15, 0.2) is 0 Å². The lowest BCUT2D eigenvalue weighted by atomic mass is 10.1. The Bertz CT molecular complexity index is 433. The van der Waals surface area contributed by atoms with E-state index in [0.717, 1.165) is 0 Å². The van der Waals surface area contributed by atoms with Gasteiger partial charge in [-0.3, -0.25) is 4.79 Å². The van der Waals surface area contributed by atoms with Gasteiger partial charge in [0.1, 0.15) is 0 Å². The summed E-state index contributed by atoms with van der Waals surface area (Å²) >= 11 is 0. The zero-order valence-electron chi connectivity index (χ0n) is 8.68. The first-order valence-electron chi connectivity index (χ1n) is 4.84. The minimum atomic E-state index is -0.290. The number of nitriles is 1. The van der Waals surface area contributed by atoms with Gasteiger partial charge in [-0.1, -0.05) is 18.2 Å².